The number of rotatable bonds is 7. The number of nitrogens with zero attached hydrogens (tertiary/aromatic N) is 2. The number of benzene rings is 4. The molecule has 0 aromatic heterocycles. The largest absolute Gasteiger partial charge is 0.497 e. The van der Waals surface area contributed by atoms with Gasteiger partial charge in [0, 0.05) is 25.7 Å². The third-order valence-electron chi connectivity index (χ3n) is 5.84. The first-order valence-corrected chi connectivity index (χ1v) is 11.1. The molecule has 0 aliphatic heterocycles. The maximum Gasteiger partial charge on any atom is 0.253 e. The summed E-state index contributed by atoms with van der Waals surface area (Å²) in [5, 5.41) is 2.39. The van der Waals surface area contributed by atoms with Crippen LogP contribution in [0.5, 0.6) is 5.75 Å². The molecule has 168 valence electrons. The second-order valence-corrected chi connectivity index (χ2v) is 8.68. The molecule has 0 aliphatic rings. The first-order valence-electron chi connectivity index (χ1n) is 11.1. The molecule has 0 atom stereocenters. The van der Waals surface area contributed by atoms with E-state index in [1.807, 2.05) is 55.6 Å². The third kappa shape index (κ3) is 5.24. The number of hydrogen-bond donors (Lipinski definition) is 0. The lowest BCUT2D eigenvalue weighted by Crippen LogP contribution is -2.26. The maximum absolute atomic E-state index is 13.1. The standard InChI is InChI=1S/C29H30N2O2/c1-30(2)19-21-8-17-28-25(18-21)6-5-7-26(28)20-31(3)29(32)24-11-9-22(10-12-24)23-13-15-27(33-4)16-14-23/h5-18H,19-20H2,1-4H3. The fourth-order valence-electron chi connectivity index (χ4n) is 4.14. The van der Waals surface area contributed by atoms with Crippen LogP contribution in [0.4, 0.5) is 0 Å². The zero-order chi connectivity index (χ0) is 23.4. The Morgan fingerprint density at radius 3 is 2.09 bits per heavy atom. The molecule has 4 rings (SSSR count). The van der Waals surface area contributed by atoms with E-state index in [9.17, 15) is 4.79 Å². The van der Waals surface area contributed by atoms with Gasteiger partial charge in [0.25, 0.3) is 5.91 Å². The zero-order valence-electron chi connectivity index (χ0n) is 19.7. The van der Waals surface area contributed by atoms with Gasteiger partial charge in [-0.1, -0.05) is 54.6 Å². The van der Waals surface area contributed by atoms with Gasteiger partial charge in [-0.15, -0.1) is 0 Å². The van der Waals surface area contributed by atoms with E-state index in [0.29, 0.717) is 12.1 Å². The second kappa shape index (κ2) is 9.88. The molecule has 0 fully saturated rings. The molecular formula is C29H30N2O2. The minimum Gasteiger partial charge on any atom is -0.497 e. The van der Waals surface area contributed by atoms with Gasteiger partial charge in [-0.3, -0.25) is 4.79 Å². The zero-order valence-corrected chi connectivity index (χ0v) is 19.7. The van der Waals surface area contributed by atoms with E-state index >= 15 is 0 Å². The van der Waals surface area contributed by atoms with E-state index in [1.165, 1.54) is 16.3 Å². The van der Waals surface area contributed by atoms with Crippen molar-refractivity contribution in [1.29, 1.82) is 0 Å². The predicted molar refractivity (Wildman–Crippen MR) is 136 cm³/mol. The summed E-state index contributed by atoms with van der Waals surface area (Å²) in [7, 11) is 7.67. The van der Waals surface area contributed by atoms with Crippen LogP contribution in [0.3, 0.4) is 0 Å². The Labute approximate surface area is 196 Å². The van der Waals surface area contributed by atoms with E-state index in [2.05, 4.69) is 55.4 Å². The highest BCUT2D eigenvalue weighted by atomic mass is 16.5. The van der Waals surface area contributed by atoms with Crippen molar-refractivity contribution in [1.82, 2.24) is 9.80 Å². The van der Waals surface area contributed by atoms with Crippen LogP contribution in [0, 0.1) is 0 Å². The minimum absolute atomic E-state index is 0.0116. The van der Waals surface area contributed by atoms with Crippen molar-refractivity contribution in [3.8, 4) is 16.9 Å². The lowest BCUT2D eigenvalue weighted by molar-refractivity contribution is 0.0785. The highest BCUT2D eigenvalue weighted by Gasteiger charge is 2.14. The van der Waals surface area contributed by atoms with Crippen LogP contribution in [0.1, 0.15) is 21.5 Å². The van der Waals surface area contributed by atoms with Crippen LogP contribution in [0.25, 0.3) is 21.9 Å². The molecule has 0 bridgehead atoms. The molecule has 4 aromatic rings. The van der Waals surface area contributed by atoms with Crippen molar-refractivity contribution in [2.45, 2.75) is 13.1 Å². The molecule has 0 saturated carbocycles. The molecule has 0 aliphatic carbocycles. The average molecular weight is 439 g/mol. The molecule has 0 heterocycles. The molecule has 0 N–H and O–H groups in total. The quantitative estimate of drug-likeness (QED) is 0.363. The van der Waals surface area contributed by atoms with Gasteiger partial charge in [-0.25, -0.2) is 0 Å². The molecule has 0 unspecified atom stereocenters. The summed E-state index contributed by atoms with van der Waals surface area (Å²) in [6.07, 6.45) is 0. The third-order valence-corrected chi connectivity index (χ3v) is 5.84. The van der Waals surface area contributed by atoms with Gasteiger partial charge in [0.15, 0.2) is 0 Å². The smallest absolute Gasteiger partial charge is 0.253 e. The SMILES string of the molecule is COc1ccc(-c2ccc(C(=O)N(C)Cc3cccc4cc(CN(C)C)ccc34)cc2)cc1. The van der Waals surface area contributed by atoms with Crippen molar-refractivity contribution < 1.29 is 9.53 Å². The summed E-state index contributed by atoms with van der Waals surface area (Å²) >= 11 is 0. The molecule has 4 heteroatoms. The average Bonchev–Trinajstić information content (AvgIpc) is 2.83. The topological polar surface area (TPSA) is 32.8 Å². The highest BCUT2D eigenvalue weighted by Crippen LogP contribution is 2.25. The minimum atomic E-state index is 0.0116. The summed E-state index contributed by atoms with van der Waals surface area (Å²) in [6.45, 7) is 1.47. The molecule has 0 radical (unpaired) electrons. The molecule has 0 spiro atoms. The van der Waals surface area contributed by atoms with Gasteiger partial charge < -0.3 is 14.5 Å². The fraction of sp³-hybridized carbons (Fsp3) is 0.207. The lowest BCUT2D eigenvalue weighted by atomic mass is 10.0. The maximum atomic E-state index is 13.1. The van der Waals surface area contributed by atoms with Gasteiger partial charge in [0.2, 0.25) is 0 Å². The Balaban J connectivity index is 1.49. The van der Waals surface area contributed by atoms with Crippen molar-refractivity contribution >= 4 is 16.7 Å². The van der Waals surface area contributed by atoms with E-state index < -0.39 is 0 Å². The van der Waals surface area contributed by atoms with Crippen LogP contribution >= 0.6 is 0 Å². The van der Waals surface area contributed by atoms with Crippen molar-refractivity contribution in [3.05, 3.63) is 102 Å². The van der Waals surface area contributed by atoms with E-state index in [4.69, 9.17) is 4.74 Å². The Morgan fingerprint density at radius 2 is 1.45 bits per heavy atom. The first kappa shape index (κ1) is 22.6. The van der Waals surface area contributed by atoms with Crippen molar-refractivity contribution in [2.75, 3.05) is 28.3 Å². The highest BCUT2D eigenvalue weighted by molar-refractivity contribution is 5.95. The Morgan fingerprint density at radius 1 is 0.788 bits per heavy atom. The second-order valence-electron chi connectivity index (χ2n) is 8.68. The Bertz CT molecular complexity index is 1250. The van der Waals surface area contributed by atoms with Crippen molar-refractivity contribution in [3.63, 3.8) is 0 Å². The summed E-state index contributed by atoms with van der Waals surface area (Å²) < 4.78 is 5.23. The molecule has 0 saturated heterocycles. The number of fused-ring (bicyclic) bond motifs is 1. The summed E-state index contributed by atoms with van der Waals surface area (Å²) in [4.78, 5) is 17.0. The summed E-state index contributed by atoms with van der Waals surface area (Å²) in [5.74, 6) is 0.840. The normalized spacial score (nSPS) is 11.1. The lowest BCUT2D eigenvalue weighted by Gasteiger charge is -2.19. The number of carbonyl (C=O) groups excluding carboxylic acids is 1. The fourth-order valence-corrected chi connectivity index (χ4v) is 4.14. The summed E-state index contributed by atoms with van der Waals surface area (Å²) in [6, 6.07) is 28.6. The van der Waals surface area contributed by atoms with Crippen LogP contribution < -0.4 is 4.74 Å². The Kier molecular flexibility index (Phi) is 6.76. The first-order chi connectivity index (χ1) is 15.9. The van der Waals surface area contributed by atoms with Crippen molar-refractivity contribution in [2.24, 2.45) is 0 Å². The van der Waals surface area contributed by atoms with E-state index in [1.54, 1.807) is 12.0 Å². The van der Waals surface area contributed by atoms with Crippen LogP contribution in [0.2, 0.25) is 0 Å². The summed E-state index contributed by atoms with van der Waals surface area (Å²) in [5.41, 5.74) is 5.27. The van der Waals surface area contributed by atoms with Gasteiger partial charge >= 0.3 is 0 Å². The molecule has 1 amide bonds. The van der Waals surface area contributed by atoms with Crippen LogP contribution in [-0.2, 0) is 13.1 Å². The van der Waals surface area contributed by atoms with Crippen LogP contribution in [0.15, 0.2) is 84.9 Å². The number of hydrogen-bond acceptors (Lipinski definition) is 3. The number of carbonyl (C=O) groups is 1. The van der Waals surface area contributed by atoms with Gasteiger partial charge in [0.05, 0.1) is 7.11 Å². The number of methoxy groups -OCH3 is 1. The Hall–Kier alpha value is -3.63. The molecule has 33 heavy (non-hydrogen) atoms. The predicted octanol–water partition coefficient (Wildman–Crippen LogP) is 5.85. The monoisotopic (exact) mass is 438 g/mol. The molecule has 4 aromatic carbocycles. The van der Waals surface area contributed by atoms with Gasteiger partial charge in [-0.2, -0.15) is 0 Å². The van der Waals surface area contributed by atoms with E-state index in [-0.39, 0.29) is 5.91 Å². The molecular weight excluding hydrogens is 408 g/mol. The number of amides is 1. The molecule has 4 nitrogen and oxygen atoms in total. The van der Waals surface area contributed by atoms with Crippen LogP contribution in [-0.4, -0.2) is 44.0 Å². The van der Waals surface area contributed by atoms with Gasteiger partial charge in [0.1, 0.15) is 5.75 Å². The number of ether oxygens (including phenoxy) is 1. The van der Waals surface area contributed by atoms with Gasteiger partial charge in [-0.05, 0) is 77.5 Å². The van der Waals surface area contributed by atoms with E-state index in [0.717, 1.165) is 29.0 Å².